The number of H-pyrrole nitrogens is 1. The highest BCUT2D eigenvalue weighted by Gasteiger charge is 2.25. The molecule has 0 unspecified atom stereocenters. The molecule has 0 saturated heterocycles. The Morgan fingerprint density at radius 2 is 2.12 bits per heavy atom. The Balaban J connectivity index is 2.30. The molecule has 2 heterocycles. The van der Waals surface area contributed by atoms with E-state index >= 15 is 0 Å². The standard InChI is InChI=1S/C17H14N2O5/c1-3-22-17(21)14-9(2)19-16(20)11(7-18)15(14)10-4-5-12-13(6-10)24-8-23-12/h4-6H,3,8H2,1-2H3,(H,19,20). The molecule has 1 aliphatic heterocycles. The highest BCUT2D eigenvalue weighted by molar-refractivity contribution is 6.00. The van der Waals surface area contributed by atoms with Crippen molar-refractivity contribution in [3.05, 3.63) is 45.4 Å². The molecule has 2 aromatic rings. The van der Waals surface area contributed by atoms with E-state index in [1.165, 1.54) is 0 Å². The number of nitrogens with one attached hydrogen (secondary N) is 1. The lowest BCUT2D eigenvalue weighted by molar-refractivity contribution is 0.0526. The predicted octanol–water partition coefficient (Wildman–Crippen LogP) is 2.13. The number of esters is 1. The van der Waals surface area contributed by atoms with Gasteiger partial charge in [0.25, 0.3) is 5.56 Å². The van der Waals surface area contributed by atoms with Crippen LogP contribution in [-0.2, 0) is 4.74 Å². The predicted molar refractivity (Wildman–Crippen MR) is 84.0 cm³/mol. The maximum absolute atomic E-state index is 12.4. The summed E-state index contributed by atoms with van der Waals surface area (Å²) < 4.78 is 15.7. The van der Waals surface area contributed by atoms with Gasteiger partial charge in [0, 0.05) is 11.3 Å². The average Bonchev–Trinajstić information content (AvgIpc) is 3.01. The van der Waals surface area contributed by atoms with Crippen molar-refractivity contribution in [2.45, 2.75) is 13.8 Å². The van der Waals surface area contributed by atoms with E-state index in [4.69, 9.17) is 14.2 Å². The number of aryl methyl sites for hydroxylation is 1. The Morgan fingerprint density at radius 3 is 2.83 bits per heavy atom. The second-order valence-electron chi connectivity index (χ2n) is 5.10. The van der Waals surface area contributed by atoms with Crippen LogP contribution in [0.2, 0.25) is 0 Å². The number of nitriles is 1. The molecule has 0 amide bonds. The minimum Gasteiger partial charge on any atom is -0.462 e. The molecule has 0 aliphatic carbocycles. The van der Waals surface area contributed by atoms with Gasteiger partial charge in [-0.3, -0.25) is 4.79 Å². The molecule has 1 N–H and O–H groups in total. The summed E-state index contributed by atoms with van der Waals surface area (Å²) in [5.74, 6) is 0.455. The highest BCUT2D eigenvalue weighted by atomic mass is 16.7. The van der Waals surface area contributed by atoms with Crippen molar-refractivity contribution in [1.82, 2.24) is 4.98 Å². The molecule has 0 radical (unpaired) electrons. The fraction of sp³-hybridized carbons (Fsp3) is 0.235. The summed E-state index contributed by atoms with van der Waals surface area (Å²) in [4.78, 5) is 27.0. The van der Waals surface area contributed by atoms with Gasteiger partial charge in [-0.1, -0.05) is 6.07 Å². The van der Waals surface area contributed by atoms with Gasteiger partial charge in [-0.2, -0.15) is 5.26 Å². The van der Waals surface area contributed by atoms with E-state index in [2.05, 4.69) is 4.98 Å². The molecule has 0 bridgehead atoms. The minimum atomic E-state index is -0.601. The first-order chi connectivity index (χ1) is 11.6. The third kappa shape index (κ3) is 2.48. The zero-order valence-corrected chi connectivity index (χ0v) is 13.1. The van der Waals surface area contributed by atoms with E-state index in [1.54, 1.807) is 32.0 Å². The maximum Gasteiger partial charge on any atom is 0.340 e. The third-order valence-electron chi connectivity index (χ3n) is 3.66. The van der Waals surface area contributed by atoms with Gasteiger partial charge in [-0.05, 0) is 31.5 Å². The van der Waals surface area contributed by atoms with Gasteiger partial charge in [0.1, 0.15) is 11.6 Å². The maximum atomic E-state index is 12.4. The number of aromatic nitrogens is 1. The molecule has 7 nitrogen and oxygen atoms in total. The second kappa shape index (κ2) is 6.08. The van der Waals surface area contributed by atoms with Crippen LogP contribution in [-0.4, -0.2) is 24.4 Å². The van der Waals surface area contributed by atoms with Crippen molar-refractivity contribution in [3.63, 3.8) is 0 Å². The fourth-order valence-electron chi connectivity index (χ4n) is 2.63. The number of aromatic amines is 1. The molecule has 0 atom stereocenters. The van der Waals surface area contributed by atoms with Crippen LogP contribution in [0.4, 0.5) is 0 Å². The van der Waals surface area contributed by atoms with Crippen LogP contribution < -0.4 is 15.0 Å². The summed E-state index contributed by atoms with van der Waals surface area (Å²) in [5.41, 5.74) is 0.527. The largest absolute Gasteiger partial charge is 0.462 e. The minimum absolute atomic E-state index is 0.100. The van der Waals surface area contributed by atoms with Gasteiger partial charge >= 0.3 is 5.97 Å². The second-order valence-corrected chi connectivity index (χ2v) is 5.10. The molecule has 1 aliphatic rings. The van der Waals surface area contributed by atoms with Crippen LogP contribution >= 0.6 is 0 Å². The van der Waals surface area contributed by atoms with Crippen LogP contribution in [0.1, 0.15) is 28.5 Å². The number of hydrogen-bond acceptors (Lipinski definition) is 6. The lowest BCUT2D eigenvalue weighted by Crippen LogP contribution is -2.20. The van der Waals surface area contributed by atoms with Crippen LogP contribution in [0.3, 0.4) is 0 Å². The Morgan fingerprint density at radius 1 is 1.38 bits per heavy atom. The first-order valence-corrected chi connectivity index (χ1v) is 7.31. The van der Waals surface area contributed by atoms with Crippen LogP contribution in [0.25, 0.3) is 11.1 Å². The molecule has 3 rings (SSSR count). The van der Waals surface area contributed by atoms with Crippen LogP contribution in [0.5, 0.6) is 11.5 Å². The molecule has 122 valence electrons. The van der Waals surface area contributed by atoms with Crippen molar-refractivity contribution < 1.29 is 19.0 Å². The Hall–Kier alpha value is -3.27. The first kappa shape index (κ1) is 15.6. The molecular formula is C17H14N2O5. The first-order valence-electron chi connectivity index (χ1n) is 7.31. The summed E-state index contributed by atoms with van der Waals surface area (Å²) in [7, 11) is 0. The van der Waals surface area contributed by atoms with E-state index in [0.29, 0.717) is 22.8 Å². The Bertz CT molecular complexity index is 924. The summed E-state index contributed by atoms with van der Waals surface area (Å²) in [6.45, 7) is 3.55. The van der Waals surface area contributed by atoms with E-state index in [9.17, 15) is 14.9 Å². The number of pyridine rings is 1. The van der Waals surface area contributed by atoms with Crippen LogP contribution in [0, 0.1) is 18.3 Å². The lowest BCUT2D eigenvalue weighted by atomic mass is 9.94. The highest BCUT2D eigenvalue weighted by Crippen LogP contribution is 2.37. The molecule has 1 aromatic carbocycles. The number of carbonyl (C=O) groups is 1. The summed E-state index contributed by atoms with van der Waals surface area (Å²) >= 11 is 0. The van der Waals surface area contributed by atoms with Gasteiger partial charge in [0.05, 0.1) is 12.2 Å². The van der Waals surface area contributed by atoms with Crippen molar-refractivity contribution in [2.24, 2.45) is 0 Å². The molecule has 1 aromatic heterocycles. The monoisotopic (exact) mass is 326 g/mol. The molecule has 24 heavy (non-hydrogen) atoms. The number of carbonyl (C=O) groups excluding carboxylic acids is 1. The molecule has 0 spiro atoms. The topological polar surface area (TPSA) is 101 Å². The fourth-order valence-corrected chi connectivity index (χ4v) is 2.63. The number of ether oxygens (including phenoxy) is 3. The summed E-state index contributed by atoms with van der Waals surface area (Å²) in [5, 5.41) is 9.40. The number of nitrogens with zero attached hydrogens (tertiary/aromatic N) is 1. The molecule has 0 fully saturated rings. The smallest absolute Gasteiger partial charge is 0.340 e. The number of benzene rings is 1. The van der Waals surface area contributed by atoms with Gasteiger partial charge in [-0.25, -0.2) is 4.79 Å². The van der Waals surface area contributed by atoms with E-state index in [-0.39, 0.29) is 30.1 Å². The number of fused-ring (bicyclic) bond motifs is 1. The SMILES string of the molecule is CCOC(=O)c1c(C)[nH]c(=O)c(C#N)c1-c1ccc2c(c1)OCO2. The van der Waals surface area contributed by atoms with Gasteiger partial charge < -0.3 is 19.2 Å². The van der Waals surface area contributed by atoms with E-state index in [0.717, 1.165) is 0 Å². The van der Waals surface area contributed by atoms with Gasteiger partial charge in [0.2, 0.25) is 6.79 Å². The molecule has 0 saturated carbocycles. The number of rotatable bonds is 3. The van der Waals surface area contributed by atoms with Crippen molar-refractivity contribution in [3.8, 4) is 28.7 Å². The zero-order valence-electron chi connectivity index (χ0n) is 13.1. The Labute approximate surface area is 137 Å². The quantitative estimate of drug-likeness (QED) is 0.867. The number of hydrogen-bond donors (Lipinski definition) is 1. The zero-order chi connectivity index (χ0) is 17.3. The summed E-state index contributed by atoms with van der Waals surface area (Å²) in [6.07, 6.45) is 0. The average molecular weight is 326 g/mol. The van der Waals surface area contributed by atoms with Crippen molar-refractivity contribution in [2.75, 3.05) is 13.4 Å². The van der Waals surface area contributed by atoms with E-state index in [1.807, 2.05) is 6.07 Å². The van der Waals surface area contributed by atoms with Gasteiger partial charge in [0.15, 0.2) is 11.5 Å². The lowest BCUT2D eigenvalue weighted by Gasteiger charge is -2.13. The summed E-state index contributed by atoms with van der Waals surface area (Å²) in [6, 6.07) is 6.85. The normalized spacial score (nSPS) is 11.9. The van der Waals surface area contributed by atoms with Gasteiger partial charge in [-0.15, -0.1) is 0 Å². The Kier molecular flexibility index (Phi) is 3.96. The van der Waals surface area contributed by atoms with Crippen molar-refractivity contribution >= 4 is 5.97 Å². The molecule has 7 heteroatoms. The molecular weight excluding hydrogens is 312 g/mol. The third-order valence-corrected chi connectivity index (χ3v) is 3.66. The van der Waals surface area contributed by atoms with E-state index < -0.39 is 11.5 Å². The van der Waals surface area contributed by atoms with Crippen molar-refractivity contribution in [1.29, 1.82) is 5.26 Å². The van der Waals surface area contributed by atoms with Crippen LogP contribution in [0.15, 0.2) is 23.0 Å².